The fourth-order valence-corrected chi connectivity index (χ4v) is 1.45. The summed E-state index contributed by atoms with van der Waals surface area (Å²) in [6, 6.07) is 1.56. The number of hydrogen-bond donors (Lipinski definition) is 2. The van der Waals surface area contributed by atoms with E-state index in [1.165, 1.54) is 12.4 Å². The van der Waals surface area contributed by atoms with E-state index in [1.807, 2.05) is 18.9 Å². The van der Waals surface area contributed by atoms with E-state index in [-0.39, 0.29) is 11.6 Å². The van der Waals surface area contributed by atoms with Crippen LogP contribution in [0.15, 0.2) is 17.2 Å². The van der Waals surface area contributed by atoms with Crippen LogP contribution in [-0.4, -0.2) is 28.0 Å². The van der Waals surface area contributed by atoms with Crippen molar-refractivity contribution in [3.8, 4) is 0 Å². The Balaban J connectivity index is 2.80. The largest absolute Gasteiger partial charge is 0.393 e. The maximum absolute atomic E-state index is 11.1. The molecule has 5 nitrogen and oxygen atoms in total. The Kier molecular flexibility index (Phi) is 3.79. The second-order valence-electron chi connectivity index (χ2n) is 3.40. The first-order chi connectivity index (χ1) is 7.00. The summed E-state index contributed by atoms with van der Waals surface area (Å²) in [4.78, 5) is 19.9. The normalized spacial score (nSPS) is 12.1. The number of nitrogens with zero attached hydrogens (tertiary/aromatic N) is 2. The van der Waals surface area contributed by atoms with Gasteiger partial charge >= 0.3 is 0 Å². The summed E-state index contributed by atoms with van der Waals surface area (Å²) in [6.07, 6.45) is 1.97. The Labute approximate surface area is 93.3 Å². The highest BCUT2D eigenvalue weighted by Gasteiger charge is 2.12. The number of hydrogen-bond acceptors (Lipinski definition) is 4. The van der Waals surface area contributed by atoms with Crippen LogP contribution in [0, 0.1) is 0 Å². The highest BCUT2D eigenvalue weighted by Crippen LogP contribution is 2.10. The minimum atomic E-state index is -0.172. The predicted octanol–water partition coefficient (Wildman–Crippen LogP) is 0.271. The molecule has 1 aromatic heterocycles. The molecule has 0 saturated carbocycles. The number of anilines is 1. The van der Waals surface area contributed by atoms with Crippen LogP contribution in [0.5, 0.6) is 0 Å². The second kappa shape index (κ2) is 4.88. The molecule has 0 aliphatic heterocycles. The summed E-state index contributed by atoms with van der Waals surface area (Å²) in [6.45, 7) is 1.97. The molecule has 0 aliphatic carbocycles. The van der Waals surface area contributed by atoms with Crippen molar-refractivity contribution in [2.75, 3.05) is 11.9 Å². The first-order valence-corrected chi connectivity index (χ1v) is 4.97. The molecule has 0 amide bonds. The summed E-state index contributed by atoms with van der Waals surface area (Å²) in [7, 11) is 1.85. The number of thiocarbonyl (C=S) groups is 1. The van der Waals surface area contributed by atoms with Gasteiger partial charge in [0.2, 0.25) is 0 Å². The van der Waals surface area contributed by atoms with E-state index in [4.69, 9.17) is 18.0 Å². The molecule has 0 aromatic carbocycles. The van der Waals surface area contributed by atoms with E-state index >= 15 is 0 Å². The zero-order valence-electron chi connectivity index (χ0n) is 8.73. The van der Waals surface area contributed by atoms with Crippen molar-refractivity contribution in [2.24, 2.45) is 5.73 Å². The van der Waals surface area contributed by atoms with Gasteiger partial charge in [-0.15, -0.1) is 0 Å². The maximum Gasteiger partial charge on any atom is 0.252 e. The average molecular weight is 226 g/mol. The molecule has 3 N–H and O–H groups in total. The van der Waals surface area contributed by atoms with Gasteiger partial charge in [0.25, 0.3) is 5.56 Å². The molecule has 0 aliphatic rings. The van der Waals surface area contributed by atoms with Crippen LogP contribution in [-0.2, 0) is 0 Å². The van der Waals surface area contributed by atoms with Crippen molar-refractivity contribution in [2.45, 2.75) is 19.4 Å². The van der Waals surface area contributed by atoms with Crippen molar-refractivity contribution in [1.29, 1.82) is 0 Å². The van der Waals surface area contributed by atoms with Crippen LogP contribution in [0.25, 0.3) is 0 Å². The molecular weight excluding hydrogens is 212 g/mol. The highest BCUT2D eigenvalue weighted by molar-refractivity contribution is 7.80. The lowest BCUT2D eigenvalue weighted by molar-refractivity contribution is 0.703. The van der Waals surface area contributed by atoms with Crippen molar-refractivity contribution in [3.63, 3.8) is 0 Å². The number of rotatable bonds is 4. The minimum Gasteiger partial charge on any atom is -0.393 e. The quantitative estimate of drug-likeness (QED) is 0.721. The van der Waals surface area contributed by atoms with Crippen LogP contribution in [0.2, 0.25) is 0 Å². The first kappa shape index (κ1) is 11.6. The molecule has 0 saturated heterocycles. The molecule has 0 radical (unpaired) electrons. The smallest absolute Gasteiger partial charge is 0.252 e. The van der Waals surface area contributed by atoms with E-state index in [0.29, 0.717) is 17.2 Å². The van der Waals surface area contributed by atoms with Gasteiger partial charge in [-0.1, -0.05) is 12.2 Å². The van der Waals surface area contributed by atoms with E-state index < -0.39 is 0 Å². The number of nitrogens with two attached hydrogens (primary N) is 1. The second-order valence-corrected chi connectivity index (χ2v) is 3.92. The van der Waals surface area contributed by atoms with Gasteiger partial charge < -0.3 is 15.6 Å². The van der Waals surface area contributed by atoms with Gasteiger partial charge in [-0.3, -0.25) is 4.79 Å². The van der Waals surface area contributed by atoms with E-state index in [1.54, 1.807) is 0 Å². The zero-order valence-corrected chi connectivity index (χ0v) is 9.54. The molecular formula is C9H14N4OS. The van der Waals surface area contributed by atoms with Crippen LogP contribution in [0.4, 0.5) is 5.82 Å². The fourth-order valence-electron chi connectivity index (χ4n) is 1.20. The van der Waals surface area contributed by atoms with Crippen molar-refractivity contribution in [1.82, 2.24) is 9.97 Å². The summed E-state index contributed by atoms with van der Waals surface area (Å²) in [5.41, 5.74) is 5.28. The molecule has 1 rings (SSSR count). The third-order valence-corrected chi connectivity index (χ3v) is 2.35. The van der Waals surface area contributed by atoms with Gasteiger partial charge in [0, 0.05) is 25.6 Å². The van der Waals surface area contributed by atoms with Crippen molar-refractivity contribution in [3.05, 3.63) is 22.7 Å². The molecule has 1 atom stereocenters. The Bertz CT molecular complexity index is 403. The summed E-state index contributed by atoms with van der Waals surface area (Å²) < 4.78 is 0. The third-order valence-electron chi connectivity index (χ3n) is 2.18. The average Bonchev–Trinajstić information content (AvgIpc) is 2.15. The molecule has 0 bridgehead atoms. The fraction of sp³-hybridized carbons (Fsp3) is 0.444. The molecule has 0 fully saturated rings. The van der Waals surface area contributed by atoms with E-state index in [2.05, 4.69) is 9.97 Å². The van der Waals surface area contributed by atoms with Gasteiger partial charge in [-0.2, -0.15) is 0 Å². The lowest BCUT2D eigenvalue weighted by Crippen LogP contribution is -2.33. The monoisotopic (exact) mass is 226 g/mol. The molecule has 1 aromatic rings. The SMILES string of the molecule is CC(CC(N)=S)N(C)c1cc(=O)[nH]cn1. The molecule has 0 spiro atoms. The highest BCUT2D eigenvalue weighted by atomic mass is 32.1. The van der Waals surface area contributed by atoms with Crippen molar-refractivity contribution >= 4 is 23.0 Å². The summed E-state index contributed by atoms with van der Waals surface area (Å²) in [5.74, 6) is 0.613. The van der Waals surface area contributed by atoms with Crippen LogP contribution >= 0.6 is 12.2 Å². The number of aromatic amines is 1. The molecule has 15 heavy (non-hydrogen) atoms. The number of nitrogens with one attached hydrogen (secondary N) is 1. The standard InChI is InChI=1S/C9H14N4OS/c1-6(3-7(10)15)13(2)8-4-9(14)12-5-11-8/h4-6H,3H2,1-2H3,(H2,10,15)(H,11,12,14). The predicted molar refractivity (Wildman–Crippen MR) is 64.1 cm³/mol. The molecule has 6 heteroatoms. The lowest BCUT2D eigenvalue weighted by atomic mass is 10.2. The molecule has 1 unspecified atom stereocenters. The van der Waals surface area contributed by atoms with Crippen LogP contribution < -0.4 is 16.2 Å². The van der Waals surface area contributed by atoms with E-state index in [0.717, 1.165) is 0 Å². The summed E-state index contributed by atoms with van der Waals surface area (Å²) in [5, 5.41) is 0. The number of aromatic nitrogens is 2. The number of H-pyrrole nitrogens is 1. The molecule has 1 heterocycles. The van der Waals surface area contributed by atoms with Crippen LogP contribution in [0.3, 0.4) is 0 Å². The Morgan fingerprint density at radius 3 is 3.00 bits per heavy atom. The third kappa shape index (κ3) is 3.32. The lowest BCUT2D eigenvalue weighted by Gasteiger charge is -2.25. The topological polar surface area (TPSA) is 75.0 Å². The van der Waals surface area contributed by atoms with Gasteiger partial charge in [0.05, 0.1) is 11.3 Å². The van der Waals surface area contributed by atoms with Gasteiger partial charge in [0.1, 0.15) is 5.82 Å². The Morgan fingerprint density at radius 2 is 2.47 bits per heavy atom. The van der Waals surface area contributed by atoms with Crippen molar-refractivity contribution < 1.29 is 0 Å². The minimum absolute atomic E-state index is 0.122. The van der Waals surface area contributed by atoms with Gasteiger partial charge in [-0.25, -0.2) is 4.98 Å². The zero-order chi connectivity index (χ0) is 11.4. The first-order valence-electron chi connectivity index (χ1n) is 4.56. The Morgan fingerprint density at radius 1 is 1.80 bits per heavy atom. The van der Waals surface area contributed by atoms with Gasteiger partial charge in [0.15, 0.2) is 0 Å². The van der Waals surface area contributed by atoms with Gasteiger partial charge in [-0.05, 0) is 6.92 Å². The Hall–Kier alpha value is -1.43. The summed E-state index contributed by atoms with van der Waals surface area (Å²) >= 11 is 4.83. The molecule has 82 valence electrons. The van der Waals surface area contributed by atoms with E-state index in [9.17, 15) is 4.79 Å². The van der Waals surface area contributed by atoms with Crippen LogP contribution in [0.1, 0.15) is 13.3 Å². The maximum atomic E-state index is 11.1.